The summed E-state index contributed by atoms with van der Waals surface area (Å²) in [5, 5.41) is 2.27. The molecule has 0 aliphatic carbocycles. The minimum absolute atomic E-state index is 0.0326. The van der Waals surface area contributed by atoms with Crippen LogP contribution in [0.5, 0.6) is 0 Å². The van der Waals surface area contributed by atoms with E-state index in [2.05, 4.69) is 41.4 Å². The van der Waals surface area contributed by atoms with Gasteiger partial charge in [-0.05, 0) is 48.6 Å². The molecule has 152 valence electrons. The van der Waals surface area contributed by atoms with Gasteiger partial charge >= 0.3 is 0 Å². The first-order chi connectivity index (χ1) is 14.6. The molecular formula is C25H24N2O3. The molecule has 0 bridgehead atoms. The summed E-state index contributed by atoms with van der Waals surface area (Å²) in [6, 6.07) is 18.3. The summed E-state index contributed by atoms with van der Waals surface area (Å²) in [4.78, 5) is 37.3. The van der Waals surface area contributed by atoms with Gasteiger partial charge in [-0.25, -0.2) is 0 Å². The Balaban J connectivity index is 1.30. The molecule has 0 aromatic heterocycles. The highest BCUT2D eigenvalue weighted by Gasteiger charge is 2.34. The number of carbonyl (C=O) groups excluding carboxylic acids is 3. The van der Waals surface area contributed by atoms with Crippen LogP contribution in [0, 0.1) is 17.8 Å². The van der Waals surface area contributed by atoms with Crippen molar-refractivity contribution in [3.8, 4) is 11.8 Å². The highest BCUT2D eigenvalue weighted by atomic mass is 16.2. The Morgan fingerprint density at radius 2 is 1.57 bits per heavy atom. The van der Waals surface area contributed by atoms with Gasteiger partial charge in [0.2, 0.25) is 17.7 Å². The van der Waals surface area contributed by atoms with E-state index in [4.69, 9.17) is 0 Å². The van der Waals surface area contributed by atoms with Gasteiger partial charge in [-0.1, -0.05) is 42.2 Å². The summed E-state index contributed by atoms with van der Waals surface area (Å²) in [6.07, 6.45) is 2.05. The Kier molecular flexibility index (Phi) is 5.94. The molecule has 1 unspecified atom stereocenters. The van der Waals surface area contributed by atoms with Crippen LogP contribution in [0.4, 0.5) is 0 Å². The number of likely N-dealkylation sites (tertiary alicyclic amines) is 1. The fourth-order valence-corrected chi connectivity index (χ4v) is 4.08. The highest BCUT2D eigenvalue weighted by molar-refractivity contribution is 6.04. The fraction of sp³-hybridized carbons (Fsp3) is 0.320. The van der Waals surface area contributed by atoms with Crippen molar-refractivity contribution in [1.82, 2.24) is 10.2 Å². The number of rotatable bonds is 3. The third kappa shape index (κ3) is 4.77. The number of imide groups is 1. The topological polar surface area (TPSA) is 66.5 Å². The molecule has 2 saturated heterocycles. The average Bonchev–Trinajstić information content (AvgIpc) is 3.10. The smallest absolute Gasteiger partial charge is 0.230 e. The van der Waals surface area contributed by atoms with Crippen LogP contribution in [0.15, 0.2) is 54.6 Å². The lowest BCUT2D eigenvalue weighted by atomic mass is 9.88. The molecule has 5 nitrogen and oxygen atoms in total. The van der Waals surface area contributed by atoms with Crippen molar-refractivity contribution in [1.29, 1.82) is 0 Å². The van der Waals surface area contributed by atoms with E-state index in [0.29, 0.717) is 19.0 Å². The number of piperidine rings is 1. The van der Waals surface area contributed by atoms with Gasteiger partial charge in [0, 0.05) is 37.1 Å². The van der Waals surface area contributed by atoms with Crippen molar-refractivity contribution in [3.05, 3.63) is 71.3 Å². The van der Waals surface area contributed by atoms with Gasteiger partial charge in [-0.2, -0.15) is 0 Å². The number of amides is 3. The summed E-state index contributed by atoms with van der Waals surface area (Å²) in [6.45, 7) is 1.36. The van der Waals surface area contributed by atoms with Gasteiger partial charge in [0.1, 0.15) is 0 Å². The second-order valence-corrected chi connectivity index (χ2v) is 7.91. The molecule has 2 heterocycles. The summed E-state index contributed by atoms with van der Waals surface area (Å²) in [5.74, 6) is 5.64. The predicted octanol–water partition coefficient (Wildman–Crippen LogP) is 2.85. The van der Waals surface area contributed by atoms with Crippen LogP contribution in [0.3, 0.4) is 0 Å². The lowest BCUT2D eigenvalue weighted by molar-refractivity contribution is -0.136. The van der Waals surface area contributed by atoms with Crippen molar-refractivity contribution in [3.63, 3.8) is 0 Å². The average molecular weight is 400 g/mol. The van der Waals surface area contributed by atoms with E-state index in [1.54, 1.807) is 0 Å². The first-order valence-electron chi connectivity index (χ1n) is 10.4. The molecule has 2 fully saturated rings. The van der Waals surface area contributed by atoms with E-state index in [-0.39, 0.29) is 30.6 Å². The van der Waals surface area contributed by atoms with Crippen LogP contribution in [0.1, 0.15) is 48.3 Å². The van der Waals surface area contributed by atoms with Crippen LogP contribution < -0.4 is 5.32 Å². The second kappa shape index (κ2) is 8.96. The van der Waals surface area contributed by atoms with E-state index >= 15 is 0 Å². The predicted molar refractivity (Wildman–Crippen MR) is 113 cm³/mol. The molecule has 2 aromatic rings. The Morgan fingerprint density at radius 1 is 0.933 bits per heavy atom. The molecule has 30 heavy (non-hydrogen) atoms. The van der Waals surface area contributed by atoms with Gasteiger partial charge in [0.25, 0.3) is 0 Å². The van der Waals surface area contributed by atoms with Crippen LogP contribution in [0.25, 0.3) is 0 Å². The summed E-state index contributed by atoms with van der Waals surface area (Å²) in [5.41, 5.74) is 3.26. The van der Waals surface area contributed by atoms with Gasteiger partial charge < -0.3 is 4.90 Å². The second-order valence-electron chi connectivity index (χ2n) is 7.91. The van der Waals surface area contributed by atoms with E-state index < -0.39 is 5.92 Å². The zero-order valence-corrected chi connectivity index (χ0v) is 16.8. The van der Waals surface area contributed by atoms with E-state index in [9.17, 15) is 14.4 Å². The number of nitrogens with zero attached hydrogens (tertiary/aromatic N) is 1. The number of hydrogen-bond donors (Lipinski definition) is 1. The lowest BCUT2D eigenvalue weighted by Gasteiger charge is -2.32. The summed E-state index contributed by atoms with van der Waals surface area (Å²) in [7, 11) is 0. The van der Waals surface area contributed by atoms with Crippen molar-refractivity contribution >= 4 is 17.7 Å². The van der Waals surface area contributed by atoms with Crippen molar-refractivity contribution < 1.29 is 14.4 Å². The van der Waals surface area contributed by atoms with Crippen LogP contribution in [0.2, 0.25) is 0 Å². The monoisotopic (exact) mass is 400 g/mol. The van der Waals surface area contributed by atoms with Crippen molar-refractivity contribution in [2.45, 2.75) is 31.6 Å². The fourth-order valence-electron chi connectivity index (χ4n) is 4.08. The highest BCUT2D eigenvalue weighted by Crippen LogP contribution is 2.29. The minimum Gasteiger partial charge on any atom is -0.343 e. The normalized spacial score (nSPS) is 19.2. The van der Waals surface area contributed by atoms with E-state index in [0.717, 1.165) is 24.0 Å². The molecule has 5 heteroatoms. The lowest BCUT2D eigenvalue weighted by Crippen LogP contribution is -2.39. The van der Waals surface area contributed by atoms with Crippen LogP contribution in [-0.2, 0) is 14.4 Å². The molecule has 3 amide bonds. The molecule has 0 spiro atoms. The Morgan fingerprint density at radius 3 is 2.17 bits per heavy atom. The number of nitrogens with one attached hydrogen (secondary N) is 1. The number of hydrogen-bond acceptors (Lipinski definition) is 3. The van der Waals surface area contributed by atoms with Crippen molar-refractivity contribution in [2.75, 3.05) is 13.1 Å². The number of benzene rings is 2. The third-order valence-electron chi connectivity index (χ3n) is 5.84. The molecule has 1 N–H and O–H groups in total. The first-order valence-corrected chi connectivity index (χ1v) is 10.4. The van der Waals surface area contributed by atoms with E-state index in [1.165, 1.54) is 5.56 Å². The molecule has 2 aliphatic rings. The van der Waals surface area contributed by atoms with Crippen molar-refractivity contribution in [2.24, 2.45) is 5.92 Å². The quantitative estimate of drug-likeness (QED) is 0.636. The molecular weight excluding hydrogens is 376 g/mol. The maximum Gasteiger partial charge on any atom is 0.230 e. The third-order valence-corrected chi connectivity index (χ3v) is 5.84. The zero-order chi connectivity index (χ0) is 20.9. The molecule has 4 rings (SSSR count). The molecule has 0 radical (unpaired) electrons. The molecule has 1 atom stereocenters. The van der Waals surface area contributed by atoms with Crippen LogP contribution in [-0.4, -0.2) is 35.7 Å². The maximum absolute atomic E-state index is 12.5. The molecule has 2 aliphatic heterocycles. The largest absolute Gasteiger partial charge is 0.343 e. The SMILES string of the molecule is O=C1CC(CC(=O)N2CCC(c3ccc(C#Cc4ccccc4)cc3)CC2)C(=O)N1. The van der Waals surface area contributed by atoms with Gasteiger partial charge in [0.15, 0.2) is 0 Å². The molecule has 2 aromatic carbocycles. The summed E-state index contributed by atoms with van der Waals surface area (Å²) >= 11 is 0. The maximum atomic E-state index is 12.5. The Hall–Kier alpha value is -3.39. The Labute approximate surface area is 176 Å². The summed E-state index contributed by atoms with van der Waals surface area (Å²) < 4.78 is 0. The van der Waals surface area contributed by atoms with Crippen LogP contribution >= 0.6 is 0 Å². The Bertz CT molecular complexity index is 994. The van der Waals surface area contributed by atoms with E-state index in [1.807, 2.05) is 35.2 Å². The minimum atomic E-state index is -0.507. The first kappa shape index (κ1) is 19.9. The standard InChI is InChI=1S/C25H24N2O3/c28-23-16-22(25(30)26-23)17-24(29)27-14-12-21(13-15-27)20-10-8-19(9-11-20)7-6-18-4-2-1-3-5-18/h1-5,8-11,21-22H,12-17H2,(H,26,28,30). The van der Waals surface area contributed by atoms with Gasteiger partial charge in [-0.15, -0.1) is 0 Å². The van der Waals surface area contributed by atoms with Gasteiger partial charge in [-0.3, -0.25) is 19.7 Å². The van der Waals surface area contributed by atoms with Gasteiger partial charge in [0.05, 0.1) is 5.92 Å². The zero-order valence-electron chi connectivity index (χ0n) is 16.8. The molecule has 0 saturated carbocycles. The number of carbonyl (C=O) groups is 3.